The molecule has 0 radical (unpaired) electrons. The van der Waals surface area contributed by atoms with Crippen LogP contribution >= 0.6 is 0 Å². The summed E-state index contributed by atoms with van der Waals surface area (Å²) in [6, 6.07) is 24.9. The maximum absolute atomic E-state index is 13.5. The van der Waals surface area contributed by atoms with Crippen molar-refractivity contribution in [1.82, 2.24) is 10.2 Å². The van der Waals surface area contributed by atoms with Gasteiger partial charge >= 0.3 is 0 Å². The van der Waals surface area contributed by atoms with E-state index >= 15 is 0 Å². The molecule has 3 aromatic carbocycles. The van der Waals surface area contributed by atoms with Crippen LogP contribution in [-0.4, -0.2) is 29.4 Å². The van der Waals surface area contributed by atoms with Crippen LogP contribution in [0.5, 0.6) is 5.75 Å². The molecule has 3 aromatic rings. The minimum atomic E-state index is -1.01. The van der Waals surface area contributed by atoms with Crippen LogP contribution in [0.15, 0.2) is 78.9 Å². The van der Waals surface area contributed by atoms with Gasteiger partial charge in [0.1, 0.15) is 11.3 Å². The third-order valence-electron chi connectivity index (χ3n) is 5.93. The van der Waals surface area contributed by atoms with Crippen LogP contribution in [0.2, 0.25) is 0 Å². The van der Waals surface area contributed by atoms with Gasteiger partial charge in [0, 0.05) is 30.6 Å². The van der Waals surface area contributed by atoms with Gasteiger partial charge in [0.15, 0.2) is 0 Å². The number of carbonyl (C=O) groups excluding carboxylic acids is 2. The topological polar surface area (TPSA) is 58.6 Å². The number of carbonyl (C=O) groups is 2. The fourth-order valence-corrected chi connectivity index (χ4v) is 4.15. The molecule has 0 bridgehead atoms. The molecule has 31 heavy (non-hydrogen) atoms. The Morgan fingerprint density at radius 2 is 1.68 bits per heavy atom. The van der Waals surface area contributed by atoms with Gasteiger partial charge in [0.25, 0.3) is 5.91 Å². The molecule has 0 aliphatic carbocycles. The highest BCUT2D eigenvalue weighted by molar-refractivity contribution is 6.02. The molecule has 1 aliphatic rings. The number of benzene rings is 3. The Labute approximate surface area is 182 Å². The van der Waals surface area contributed by atoms with Crippen LogP contribution in [0.4, 0.5) is 0 Å². The highest BCUT2D eigenvalue weighted by Gasteiger charge is 2.46. The fourth-order valence-electron chi connectivity index (χ4n) is 4.15. The highest BCUT2D eigenvalue weighted by Crippen LogP contribution is 2.33. The summed E-state index contributed by atoms with van der Waals surface area (Å²) < 4.78 is 5.40. The molecule has 5 nitrogen and oxygen atoms in total. The SMILES string of the molecule is COc1ccccc1CNC(=O)[C@@]1(C)Cc2ccccc2C(=O)N1Cc1ccccc1. The van der Waals surface area contributed by atoms with Crippen molar-refractivity contribution in [2.24, 2.45) is 0 Å². The number of fused-ring (bicyclic) bond motifs is 1. The molecule has 1 heterocycles. The van der Waals surface area contributed by atoms with Crippen molar-refractivity contribution in [3.05, 3.63) is 101 Å². The van der Waals surface area contributed by atoms with Crippen LogP contribution in [-0.2, 0) is 24.3 Å². The lowest BCUT2D eigenvalue weighted by Gasteiger charge is -2.44. The van der Waals surface area contributed by atoms with Crippen LogP contribution in [0, 0.1) is 0 Å². The summed E-state index contributed by atoms with van der Waals surface area (Å²) in [6.45, 7) is 2.54. The molecule has 0 saturated heterocycles. The first-order valence-corrected chi connectivity index (χ1v) is 10.4. The Hall–Kier alpha value is -3.60. The third kappa shape index (κ3) is 4.04. The van der Waals surface area contributed by atoms with E-state index in [4.69, 9.17) is 4.74 Å². The third-order valence-corrected chi connectivity index (χ3v) is 5.93. The standard InChI is InChI=1S/C26H26N2O3/c1-26(25(30)27-17-21-13-7-9-15-23(21)31-2)16-20-12-6-8-14-22(20)24(29)28(26)18-19-10-4-3-5-11-19/h3-15H,16-18H2,1-2H3,(H,27,30)/t26-/m1/s1. The monoisotopic (exact) mass is 414 g/mol. The average molecular weight is 415 g/mol. The van der Waals surface area contributed by atoms with E-state index in [1.165, 1.54) is 0 Å². The van der Waals surface area contributed by atoms with Crippen molar-refractivity contribution in [2.75, 3.05) is 7.11 Å². The second-order valence-corrected chi connectivity index (χ2v) is 7.98. The Balaban J connectivity index is 1.64. The number of amides is 2. The quantitative estimate of drug-likeness (QED) is 0.664. The molecule has 4 rings (SSSR count). The van der Waals surface area contributed by atoms with E-state index in [0.29, 0.717) is 25.1 Å². The molecule has 158 valence electrons. The van der Waals surface area contributed by atoms with Crippen LogP contribution in [0.3, 0.4) is 0 Å². The van der Waals surface area contributed by atoms with E-state index in [-0.39, 0.29) is 11.8 Å². The van der Waals surface area contributed by atoms with Crippen molar-refractivity contribution in [2.45, 2.75) is 32.0 Å². The lowest BCUT2D eigenvalue weighted by atomic mass is 9.82. The minimum absolute atomic E-state index is 0.124. The predicted octanol–water partition coefficient (Wildman–Crippen LogP) is 3.97. The summed E-state index contributed by atoms with van der Waals surface area (Å²) >= 11 is 0. The van der Waals surface area contributed by atoms with E-state index < -0.39 is 5.54 Å². The minimum Gasteiger partial charge on any atom is -0.496 e. The van der Waals surface area contributed by atoms with Gasteiger partial charge in [0.05, 0.1) is 7.11 Å². The van der Waals surface area contributed by atoms with Gasteiger partial charge in [-0.2, -0.15) is 0 Å². The van der Waals surface area contributed by atoms with Gasteiger partial charge in [-0.3, -0.25) is 9.59 Å². The number of ether oxygens (including phenoxy) is 1. The average Bonchev–Trinajstić information content (AvgIpc) is 2.81. The van der Waals surface area contributed by atoms with E-state index in [1.807, 2.05) is 85.8 Å². The molecule has 0 aromatic heterocycles. The van der Waals surface area contributed by atoms with Gasteiger partial charge in [-0.05, 0) is 30.2 Å². The fraction of sp³-hybridized carbons (Fsp3) is 0.231. The molecule has 0 fully saturated rings. The number of rotatable bonds is 6. The molecule has 0 spiro atoms. The van der Waals surface area contributed by atoms with Gasteiger partial charge in [0.2, 0.25) is 5.91 Å². The maximum Gasteiger partial charge on any atom is 0.255 e. The first kappa shape index (κ1) is 20.7. The normalized spacial score (nSPS) is 17.7. The zero-order valence-electron chi connectivity index (χ0n) is 17.8. The predicted molar refractivity (Wildman–Crippen MR) is 120 cm³/mol. The number of nitrogens with one attached hydrogen (secondary N) is 1. The molecule has 1 aliphatic heterocycles. The van der Waals surface area contributed by atoms with Crippen molar-refractivity contribution < 1.29 is 14.3 Å². The van der Waals surface area contributed by atoms with Gasteiger partial charge in [-0.15, -0.1) is 0 Å². The van der Waals surface area contributed by atoms with Crippen LogP contribution in [0.1, 0.15) is 34.0 Å². The van der Waals surface area contributed by atoms with Crippen molar-refractivity contribution >= 4 is 11.8 Å². The Bertz CT molecular complexity index is 1100. The van der Waals surface area contributed by atoms with Crippen molar-refractivity contribution in [3.63, 3.8) is 0 Å². The Morgan fingerprint density at radius 3 is 2.45 bits per heavy atom. The molecular weight excluding hydrogens is 388 g/mol. The zero-order valence-corrected chi connectivity index (χ0v) is 17.8. The van der Waals surface area contributed by atoms with Gasteiger partial charge in [-0.25, -0.2) is 0 Å². The summed E-state index contributed by atoms with van der Waals surface area (Å²) in [7, 11) is 1.61. The van der Waals surface area contributed by atoms with E-state index in [2.05, 4.69) is 5.32 Å². The Kier molecular flexibility index (Phi) is 5.76. The molecule has 1 N–H and O–H groups in total. The molecule has 0 unspecified atom stereocenters. The summed E-state index contributed by atoms with van der Waals surface area (Å²) in [4.78, 5) is 28.6. The second-order valence-electron chi connectivity index (χ2n) is 7.98. The number of hydrogen-bond donors (Lipinski definition) is 1. The number of para-hydroxylation sites is 1. The highest BCUT2D eigenvalue weighted by atomic mass is 16.5. The lowest BCUT2D eigenvalue weighted by molar-refractivity contribution is -0.132. The molecule has 2 amide bonds. The van der Waals surface area contributed by atoms with Crippen molar-refractivity contribution in [1.29, 1.82) is 0 Å². The van der Waals surface area contributed by atoms with Gasteiger partial charge in [-0.1, -0.05) is 66.7 Å². The van der Waals surface area contributed by atoms with Gasteiger partial charge < -0.3 is 15.0 Å². The number of methoxy groups -OCH3 is 1. The summed E-state index contributed by atoms with van der Waals surface area (Å²) in [5.74, 6) is 0.414. The smallest absolute Gasteiger partial charge is 0.255 e. The summed E-state index contributed by atoms with van der Waals surface area (Å²) in [5, 5.41) is 3.04. The molecular formula is C26H26N2O3. The molecule has 5 heteroatoms. The van der Waals surface area contributed by atoms with Crippen LogP contribution in [0.25, 0.3) is 0 Å². The largest absolute Gasteiger partial charge is 0.496 e. The van der Waals surface area contributed by atoms with E-state index in [0.717, 1.165) is 22.4 Å². The summed E-state index contributed by atoms with van der Waals surface area (Å²) in [6.07, 6.45) is 0.458. The number of hydrogen-bond acceptors (Lipinski definition) is 3. The lowest BCUT2D eigenvalue weighted by Crippen LogP contribution is -2.62. The second kappa shape index (κ2) is 8.64. The molecule has 0 saturated carbocycles. The maximum atomic E-state index is 13.5. The summed E-state index contributed by atoms with van der Waals surface area (Å²) in [5.41, 5.74) is 2.42. The van der Waals surface area contributed by atoms with Crippen molar-refractivity contribution in [3.8, 4) is 5.75 Å². The van der Waals surface area contributed by atoms with E-state index in [9.17, 15) is 9.59 Å². The van der Waals surface area contributed by atoms with E-state index in [1.54, 1.807) is 12.0 Å². The van der Waals surface area contributed by atoms with Crippen LogP contribution < -0.4 is 10.1 Å². The number of nitrogens with zero attached hydrogens (tertiary/aromatic N) is 1. The first-order valence-electron chi connectivity index (χ1n) is 10.4. The Morgan fingerprint density at radius 1 is 1.00 bits per heavy atom. The molecule has 1 atom stereocenters. The first-order chi connectivity index (χ1) is 15.0. The zero-order chi connectivity index (χ0) is 21.8.